The van der Waals surface area contributed by atoms with Crippen LogP contribution in [0, 0.1) is 0 Å². The zero-order valence-corrected chi connectivity index (χ0v) is 13.0. The van der Waals surface area contributed by atoms with E-state index in [1.807, 2.05) is 0 Å². The molecular formula is C14H16BrFO4. The highest BCUT2D eigenvalue weighted by Gasteiger charge is 2.37. The number of rotatable bonds is 5. The Kier molecular flexibility index (Phi) is 4.52. The first-order valence-corrected chi connectivity index (χ1v) is 7.17. The van der Waals surface area contributed by atoms with E-state index in [0.29, 0.717) is 35.4 Å². The molecule has 0 spiro atoms. The van der Waals surface area contributed by atoms with Gasteiger partial charge in [-0.15, -0.1) is 0 Å². The van der Waals surface area contributed by atoms with E-state index in [1.54, 1.807) is 26.0 Å². The minimum Gasteiger partial charge on any atom is -0.493 e. The maximum atomic E-state index is 12.1. The molecule has 4 nitrogen and oxygen atoms in total. The summed E-state index contributed by atoms with van der Waals surface area (Å²) in [6, 6.07) is 3.42. The second-order valence-electron chi connectivity index (χ2n) is 4.89. The molecule has 0 atom stereocenters. The van der Waals surface area contributed by atoms with E-state index in [2.05, 4.69) is 15.9 Å². The monoisotopic (exact) mass is 346 g/mol. The molecule has 1 heterocycles. The van der Waals surface area contributed by atoms with Crippen LogP contribution in [0.1, 0.15) is 37.0 Å². The van der Waals surface area contributed by atoms with Crippen molar-refractivity contribution < 1.29 is 23.4 Å². The molecule has 0 saturated carbocycles. The summed E-state index contributed by atoms with van der Waals surface area (Å²) >= 11 is 3.35. The van der Waals surface area contributed by atoms with E-state index in [1.165, 1.54) is 0 Å². The lowest BCUT2D eigenvalue weighted by Crippen LogP contribution is -2.39. The van der Waals surface area contributed by atoms with Gasteiger partial charge in [-0.2, -0.15) is 0 Å². The van der Waals surface area contributed by atoms with Crippen molar-refractivity contribution in [2.24, 2.45) is 0 Å². The Morgan fingerprint density at radius 2 is 2.05 bits per heavy atom. The van der Waals surface area contributed by atoms with Crippen molar-refractivity contribution >= 4 is 21.9 Å². The lowest BCUT2D eigenvalue weighted by molar-refractivity contribution is -0.128. The average molecular weight is 347 g/mol. The fourth-order valence-corrected chi connectivity index (χ4v) is 2.28. The summed E-state index contributed by atoms with van der Waals surface area (Å²) < 4.78 is 29.1. The normalized spacial score (nSPS) is 16.1. The van der Waals surface area contributed by atoms with Crippen LogP contribution in [0.25, 0.3) is 0 Å². The molecule has 1 aromatic rings. The van der Waals surface area contributed by atoms with Crippen LogP contribution in [0.5, 0.6) is 11.5 Å². The van der Waals surface area contributed by atoms with Crippen LogP contribution in [-0.4, -0.2) is 25.0 Å². The number of unbranched alkanes of at least 4 members (excludes halogenated alkanes) is 1. The van der Waals surface area contributed by atoms with Gasteiger partial charge in [0.2, 0.25) is 5.79 Å². The SMILES string of the molecule is CC1(C)OC(=O)c2c(OCCCCF)ccc(Br)c2O1. The first-order valence-electron chi connectivity index (χ1n) is 6.38. The van der Waals surface area contributed by atoms with E-state index in [9.17, 15) is 9.18 Å². The van der Waals surface area contributed by atoms with Gasteiger partial charge in [0.15, 0.2) is 5.75 Å². The van der Waals surface area contributed by atoms with E-state index in [0.717, 1.165) is 0 Å². The van der Waals surface area contributed by atoms with Crippen molar-refractivity contribution in [3.63, 3.8) is 0 Å². The van der Waals surface area contributed by atoms with Crippen molar-refractivity contribution in [2.75, 3.05) is 13.3 Å². The number of esters is 1. The van der Waals surface area contributed by atoms with E-state index in [4.69, 9.17) is 14.2 Å². The Morgan fingerprint density at radius 1 is 1.30 bits per heavy atom. The number of hydrogen-bond acceptors (Lipinski definition) is 4. The molecule has 0 aliphatic carbocycles. The summed E-state index contributed by atoms with van der Waals surface area (Å²) in [5.41, 5.74) is 0.263. The maximum Gasteiger partial charge on any atom is 0.349 e. The number of carbonyl (C=O) groups excluding carboxylic acids is 1. The van der Waals surface area contributed by atoms with Crippen molar-refractivity contribution in [3.8, 4) is 11.5 Å². The standard InChI is InChI=1S/C14H16BrFO4/c1-14(2)19-12-9(15)5-6-10(11(12)13(17)20-14)18-8-4-3-7-16/h5-6H,3-4,7-8H2,1-2H3. The number of carbonyl (C=O) groups is 1. The number of ether oxygens (including phenoxy) is 3. The van der Waals surface area contributed by atoms with Crippen LogP contribution in [0.4, 0.5) is 4.39 Å². The molecule has 0 radical (unpaired) electrons. The Morgan fingerprint density at radius 3 is 2.75 bits per heavy atom. The summed E-state index contributed by atoms with van der Waals surface area (Å²) in [4.78, 5) is 12.1. The number of alkyl halides is 1. The van der Waals surface area contributed by atoms with E-state index < -0.39 is 11.8 Å². The topological polar surface area (TPSA) is 44.8 Å². The molecule has 1 aliphatic heterocycles. The highest BCUT2D eigenvalue weighted by atomic mass is 79.9. The van der Waals surface area contributed by atoms with Crippen LogP contribution >= 0.6 is 15.9 Å². The molecule has 0 bridgehead atoms. The number of cyclic esters (lactones) is 1. The summed E-state index contributed by atoms with van der Waals surface area (Å²) in [5.74, 6) is -0.700. The molecule has 0 unspecified atom stereocenters. The van der Waals surface area contributed by atoms with Crippen molar-refractivity contribution in [3.05, 3.63) is 22.2 Å². The molecule has 0 N–H and O–H groups in total. The maximum absolute atomic E-state index is 12.1. The Balaban J connectivity index is 2.26. The third-order valence-corrected chi connectivity index (χ3v) is 3.37. The van der Waals surface area contributed by atoms with Crippen molar-refractivity contribution in [1.82, 2.24) is 0 Å². The molecular weight excluding hydrogens is 331 g/mol. The van der Waals surface area contributed by atoms with Crippen LogP contribution < -0.4 is 9.47 Å². The lowest BCUT2D eigenvalue weighted by Gasteiger charge is -2.32. The summed E-state index contributed by atoms with van der Waals surface area (Å²) in [5, 5.41) is 0. The van der Waals surface area contributed by atoms with Gasteiger partial charge in [-0.1, -0.05) is 0 Å². The molecule has 110 valence electrons. The fourth-order valence-electron chi connectivity index (χ4n) is 1.87. The zero-order valence-electron chi connectivity index (χ0n) is 11.4. The smallest absolute Gasteiger partial charge is 0.349 e. The number of benzene rings is 1. The van der Waals surface area contributed by atoms with Gasteiger partial charge in [-0.05, 0) is 40.9 Å². The predicted octanol–water partition coefficient (Wildman–Crippen LogP) is 3.86. The van der Waals surface area contributed by atoms with Gasteiger partial charge in [-0.25, -0.2) is 4.79 Å². The largest absolute Gasteiger partial charge is 0.493 e. The summed E-state index contributed by atoms with van der Waals surface area (Å²) in [7, 11) is 0. The molecule has 0 amide bonds. The van der Waals surface area contributed by atoms with E-state index in [-0.39, 0.29) is 12.2 Å². The lowest BCUT2D eigenvalue weighted by atomic mass is 10.1. The third-order valence-electron chi connectivity index (χ3n) is 2.75. The van der Waals surface area contributed by atoms with Gasteiger partial charge in [0.1, 0.15) is 11.3 Å². The Hall–Kier alpha value is -1.30. The molecule has 6 heteroatoms. The number of hydrogen-bond donors (Lipinski definition) is 0. The van der Waals surface area contributed by atoms with Gasteiger partial charge in [-0.3, -0.25) is 4.39 Å². The molecule has 1 aromatic carbocycles. The fraction of sp³-hybridized carbons (Fsp3) is 0.500. The third kappa shape index (κ3) is 3.23. The van der Waals surface area contributed by atoms with Crippen LogP contribution in [-0.2, 0) is 4.74 Å². The first-order chi connectivity index (χ1) is 9.44. The molecule has 2 rings (SSSR count). The van der Waals surface area contributed by atoms with E-state index >= 15 is 0 Å². The summed E-state index contributed by atoms with van der Waals surface area (Å²) in [6.07, 6.45) is 1.02. The summed E-state index contributed by atoms with van der Waals surface area (Å²) in [6.45, 7) is 3.29. The van der Waals surface area contributed by atoms with Gasteiger partial charge in [0, 0.05) is 13.8 Å². The molecule has 20 heavy (non-hydrogen) atoms. The van der Waals surface area contributed by atoms with Crippen molar-refractivity contribution in [2.45, 2.75) is 32.5 Å². The van der Waals surface area contributed by atoms with Gasteiger partial charge in [0.05, 0.1) is 17.8 Å². The minimum atomic E-state index is -1.01. The second kappa shape index (κ2) is 5.99. The zero-order chi connectivity index (χ0) is 14.8. The quantitative estimate of drug-likeness (QED) is 0.599. The van der Waals surface area contributed by atoms with Crippen molar-refractivity contribution in [1.29, 1.82) is 0 Å². The Bertz CT molecular complexity index is 516. The van der Waals surface area contributed by atoms with Crippen LogP contribution in [0.2, 0.25) is 0 Å². The number of fused-ring (bicyclic) bond motifs is 1. The highest BCUT2D eigenvalue weighted by Crippen LogP contribution is 2.42. The Labute approximate surface area is 125 Å². The van der Waals surface area contributed by atoms with Gasteiger partial charge < -0.3 is 14.2 Å². The predicted molar refractivity (Wildman–Crippen MR) is 75.0 cm³/mol. The van der Waals surface area contributed by atoms with Crippen LogP contribution in [0.3, 0.4) is 0 Å². The molecule has 1 aliphatic rings. The number of halogens is 2. The van der Waals surface area contributed by atoms with Crippen LogP contribution in [0.15, 0.2) is 16.6 Å². The first kappa shape index (κ1) is 15.1. The van der Waals surface area contributed by atoms with Gasteiger partial charge >= 0.3 is 5.97 Å². The second-order valence-corrected chi connectivity index (χ2v) is 5.74. The minimum absolute atomic E-state index is 0.263. The van der Waals surface area contributed by atoms with Gasteiger partial charge in [0.25, 0.3) is 0 Å². The highest BCUT2D eigenvalue weighted by molar-refractivity contribution is 9.10. The molecule has 0 fully saturated rings. The molecule has 0 saturated heterocycles. The average Bonchev–Trinajstić information content (AvgIpc) is 2.36. The molecule has 0 aromatic heterocycles.